The number of halogens is 3. The number of nitrogens with one attached hydrogen (secondary N) is 2. The zero-order valence-electron chi connectivity index (χ0n) is 18.8. The average Bonchev–Trinajstić information content (AvgIpc) is 3.52. The van der Waals surface area contributed by atoms with Gasteiger partial charge in [-0.1, -0.05) is 43.0 Å². The molecule has 2 fully saturated rings. The first-order chi connectivity index (χ1) is 15.7. The number of imidazole rings is 1. The van der Waals surface area contributed by atoms with E-state index in [9.17, 15) is 14.0 Å². The first-order valence-corrected chi connectivity index (χ1v) is 12.2. The molecule has 0 saturated heterocycles. The monoisotopic (exact) mass is 494 g/mol. The van der Waals surface area contributed by atoms with Crippen LogP contribution >= 0.6 is 23.2 Å². The maximum absolute atomic E-state index is 15.0. The van der Waals surface area contributed by atoms with E-state index in [4.69, 9.17) is 23.2 Å². The van der Waals surface area contributed by atoms with Gasteiger partial charge in [0.15, 0.2) is 0 Å². The predicted octanol–water partition coefficient (Wildman–Crippen LogP) is 5.20. The normalized spacial score (nSPS) is 22.8. The summed E-state index contributed by atoms with van der Waals surface area (Å²) in [5, 5.41) is 6.52. The predicted molar refractivity (Wildman–Crippen MR) is 126 cm³/mol. The van der Waals surface area contributed by atoms with Crippen LogP contribution in [0.4, 0.5) is 4.39 Å². The molecule has 178 valence electrons. The highest BCUT2D eigenvalue weighted by atomic mass is 35.5. The second-order valence-corrected chi connectivity index (χ2v) is 10.4. The van der Waals surface area contributed by atoms with E-state index in [1.807, 2.05) is 0 Å². The number of hydrogen-bond donors (Lipinski definition) is 2. The third kappa shape index (κ3) is 5.04. The number of rotatable bonds is 6. The van der Waals surface area contributed by atoms with Crippen molar-refractivity contribution in [2.24, 2.45) is 18.4 Å². The molecule has 3 atom stereocenters. The molecule has 33 heavy (non-hydrogen) atoms. The Morgan fingerprint density at radius 1 is 1.24 bits per heavy atom. The van der Waals surface area contributed by atoms with Crippen molar-refractivity contribution in [3.8, 4) is 0 Å². The van der Waals surface area contributed by atoms with Crippen LogP contribution in [-0.2, 0) is 11.8 Å². The Morgan fingerprint density at radius 2 is 1.97 bits per heavy atom. The molecule has 0 bridgehead atoms. The second-order valence-electron chi connectivity index (χ2n) is 9.66. The van der Waals surface area contributed by atoms with Crippen LogP contribution in [0.3, 0.4) is 0 Å². The summed E-state index contributed by atoms with van der Waals surface area (Å²) in [5.41, 5.74) is 0.307. The minimum atomic E-state index is -0.569. The van der Waals surface area contributed by atoms with Crippen molar-refractivity contribution in [1.82, 2.24) is 20.2 Å². The van der Waals surface area contributed by atoms with Crippen LogP contribution in [-0.4, -0.2) is 27.4 Å². The lowest BCUT2D eigenvalue weighted by atomic mass is 9.76. The Balaban J connectivity index is 1.48. The maximum atomic E-state index is 15.0. The highest BCUT2D eigenvalue weighted by molar-refractivity contribution is 6.42. The highest BCUT2D eigenvalue weighted by Gasteiger charge is 2.43. The maximum Gasteiger partial charge on any atom is 0.271 e. The highest BCUT2D eigenvalue weighted by Crippen LogP contribution is 2.50. The quantitative estimate of drug-likeness (QED) is 0.541. The summed E-state index contributed by atoms with van der Waals surface area (Å²) in [6, 6.07) is 2.06. The number of hydrogen-bond acceptors (Lipinski definition) is 3. The molecule has 2 saturated carbocycles. The summed E-state index contributed by atoms with van der Waals surface area (Å²) >= 11 is 12.6. The minimum absolute atomic E-state index is 0.109. The average molecular weight is 495 g/mol. The van der Waals surface area contributed by atoms with E-state index in [2.05, 4.69) is 22.5 Å². The molecule has 0 aliphatic heterocycles. The fraction of sp³-hybridized carbons (Fsp3) is 0.542. The van der Waals surface area contributed by atoms with Gasteiger partial charge in [0.25, 0.3) is 5.91 Å². The van der Waals surface area contributed by atoms with Crippen LogP contribution < -0.4 is 10.6 Å². The Kier molecular flexibility index (Phi) is 7.01. The molecule has 1 aromatic heterocycles. The number of nitrogens with zero attached hydrogens (tertiary/aromatic N) is 2. The van der Waals surface area contributed by atoms with E-state index in [0.717, 1.165) is 25.7 Å². The number of carbonyl (C=O) groups is 2. The van der Waals surface area contributed by atoms with Crippen molar-refractivity contribution in [3.63, 3.8) is 0 Å². The van der Waals surface area contributed by atoms with Crippen molar-refractivity contribution in [2.75, 3.05) is 0 Å². The summed E-state index contributed by atoms with van der Waals surface area (Å²) in [4.78, 5) is 29.8. The van der Waals surface area contributed by atoms with Gasteiger partial charge in [0.05, 0.1) is 22.4 Å². The van der Waals surface area contributed by atoms with E-state index >= 15 is 0 Å². The Labute approximate surface area is 203 Å². The molecular weight excluding hydrogens is 466 g/mol. The molecule has 6 nitrogen and oxygen atoms in total. The minimum Gasteiger partial charge on any atom is -0.348 e. The standard InChI is InChI=1S/C24H29Cl2FN4O2/c1-24(9-3-4-10-24)21(19-17(27)8-7-16(25)20(19)26)30-22(32)14-5-6-15(11-14)29-23(33)18-12-31(2)13-28-18/h7-8,12-15,21H,3-6,9-11H2,1-2H3,(H,29,33)(H,30,32)/t14-,15+,21+/m0/s1. The van der Waals surface area contributed by atoms with Crippen molar-refractivity contribution in [2.45, 2.75) is 64.0 Å². The summed E-state index contributed by atoms with van der Waals surface area (Å²) in [7, 11) is 1.80. The molecule has 1 aromatic carbocycles. The second kappa shape index (κ2) is 9.63. The van der Waals surface area contributed by atoms with Crippen molar-refractivity contribution in [3.05, 3.63) is 51.8 Å². The Morgan fingerprint density at radius 3 is 2.64 bits per heavy atom. The Bertz CT molecular complexity index is 1050. The SMILES string of the molecule is Cn1cnc(C(=O)N[C@@H]2CC[C@H](C(=O)N[C@H](c3c(F)ccc(Cl)c3Cl)C3(C)CCCC3)C2)c1. The van der Waals surface area contributed by atoms with E-state index in [1.54, 1.807) is 24.1 Å². The van der Waals surface area contributed by atoms with Crippen molar-refractivity contribution >= 4 is 35.0 Å². The third-order valence-electron chi connectivity index (χ3n) is 7.17. The molecule has 9 heteroatoms. The summed E-state index contributed by atoms with van der Waals surface area (Å²) in [6.07, 6.45) is 8.88. The van der Waals surface area contributed by atoms with Crippen LogP contribution in [0, 0.1) is 17.2 Å². The van der Waals surface area contributed by atoms with Gasteiger partial charge in [0.2, 0.25) is 5.91 Å². The zero-order chi connectivity index (χ0) is 23.8. The molecule has 2 aliphatic carbocycles. The molecule has 1 heterocycles. The van der Waals surface area contributed by atoms with Crippen LogP contribution in [0.15, 0.2) is 24.7 Å². The number of amides is 2. The van der Waals surface area contributed by atoms with E-state index < -0.39 is 11.9 Å². The van der Waals surface area contributed by atoms with Crippen molar-refractivity contribution < 1.29 is 14.0 Å². The van der Waals surface area contributed by atoms with Gasteiger partial charge >= 0.3 is 0 Å². The van der Waals surface area contributed by atoms with Crippen LogP contribution in [0.1, 0.15) is 74.0 Å². The molecule has 2 amide bonds. The first-order valence-electron chi connectivity index (χ1n) is 11.4. The molecule has 0 spiro atoms. The number of carbonyl (C=O) groups excluding carboxylic acids is 2. The molecule has 0 unspecified atom stereocenters. The molecule has 2 aliphatic rings. The van der Waals surface area contributed by atoms with Crippen LogP contribution in [0.25, 0.3) is 0 Å². The lowest BCUT2D eigenvalue weighted by Gasteiger charge is -2.36. The lowest BCUT2D eigenvalue weighted by molar-refractivity contribution is -0.126. The third-order valence-corrected chi connectivity index (χ3v) is 7.99. The fourth-order valence-corrected chi connectivity index (χ4v) is 5.70. The van der Waals surface area contributed by atoms with Crippen LogP contribution in [0.5, 0.6) is 0 Å². The van der Waals surface area contributed by atoms with Gasteiger partial charge in [0.1, 0.15) is 11.5 Å². The molecule has 0 radical (unpaired) electrons. The molecule has 4 rings (SSSR count). The van der Waals surface area contributed by atoms with Crippen LogP contribution in [0.2, 0.25) is 10.0 Å². The molecule has 2 N–H and O–H groups in total. The van der Waals surface area contributed by atoms with Gasteiger partial charge in [-0.15, -0.1) is 0 Å². The first kappa shape index (κ1) is 24.0. The molecular formula is C24H29Cl2FN4O2. The molecule has 2 aromatic rings. The fourth-order valence-electron chi connectivity index (χ4n) is 5.27. The van der Waals surface area contributed by atoms with E-state index in [1.165, 1.54) is 12.1 Å². The largest absolute Gasteiger partial charge is 0.348 e. The number of aryl methyl sites for hydroxylation is 1. The zero-order valence-corrected chi connectivity index (χ0v) is 20.3. The van der Waals surface area contributed by atoms with Gasteiger partial charge < -0.3 is 15.2 Å². The van der Waals surface area contributed by atoms with Gasteiger partial charge in [-0.2, -0.15) is 0 Å². The Hall–Kier alpha value is -2.12. The van der Waals surface area contributed by atoms with Gasteiger partial charge in [-0.3, -0.25) is 9.59 Å². The van der Waals surface area contributed by atoms with E-state index in [0.29, 0.717) is 25.0 Å². The number of benzene rings is 1. The number of aromatic nitrogens is 2. The van der Waals surface area contributed by atoms with E-state index in [-0.39, 0.29) is 44.8 Å². The smallest absolute Gasteiger partial charge is 0.271 e. The summed E-state index contributed by atoms with van der Waals surface area (Å²) in [6.45, 7) is 2.08. The van der Waals surface area contributed by atoms with Crippen molar-refractivity contribution in [1.29, 1.82) is 0 Å². The summed E-state index contributed by atoms with van der Waals surface area (Å²) < 4.78 is 16.7. The van der Waals surface area contributed by atoms with Gasteiger partial charge in [-0.05, 0) is 49.7 Å². The topological polar surface area (TPSA) is 76.0 Å². The van der Waals surface area contributed by atoms with Gasteiger partial charge in [-0.25, -0.2) is 9.37 Å². The van der Waals surface area contributed by atoms with Gasteiger partial charge in [0, 0.05) is 30.8 Å². The lowest BCUT2D eigenvalue weighted by Crippen LogP contribution is -2.42. The summed E-state index contributed by atoms with van der Waals surface area (Å²) in [5.74, 6) is -1.12.